The van der Waals surface area contributed by atoms with Gasteiger partial charge in [-0.2, -0.15) is 0 Å². The van der Waals surface area contributed by atoms with Gasteiger partial charge in [0.15, 0.2) is 5.78 Å². The van der Waals surface area contributed by atoms with Crippen molar-refractivity contribution < 1.29 is 39.9 Å². The van der Waals surface area contributed by atoms with Crippen LogP contribution in [-0.4, -0.2) is 72.4 Å². The summed E-state index contributed by atoms with van der Waals surface area (Å²) in [4.78, 5) is 26.7. The highest BCUT2D eigenvalue weighted by atomic mass is 16.6. The largest absolute Gasteiger partial charge is 0.456 e. The van der Waals surface area contributed by atoms with E-state index in [2.05, 4.69) is 0 Å². The lowest BCUT2D eigenvalue weighted by Crippen LogP contribution is -2.63. The van der Waals surface area contributed by atoms with Crippen LogP contribution >= 0.6 is 0 Å². The first-order chi connectivity index (χ1) is 19.4. The number of hydrogen-bond acceptors (Lipinski definition) is 8. The molecule has 10 atom stereocenters. The van der Waals surface area contributed by atoms with Gasteiger partial charge in [0.25, 0.3) is 0 Å². The highest BCUT2D eigenvalue weighted by molar-refractivity contribution is 5.95. The molecule has 4 aliphatic rings. The number of esters is 1. The van der Waals surface area contributed by atoms with E-state index in [4.69, 9.17) is 4.74 Å². The molecular formula is C34H48O8. The molecule has 1 aromatic carbocycles. The van der Waals surface area contributed by atoms with Gasteiger partial charge >= 0.3 is 5.97 Å². The fraction of sp³-hybridized carbons (Fsp3) is 0.706. The molecule has 8 heteroatoms. The van der Waals surface area contributed by atoms with Gasteiger partial charge in [0, 0.05) is 11.3 Å². The Kier molecular flexibility index (Phi) is 7.84. The summed E-state index contributed by atoms with van der Waals surface area (Å²) < 4.78 is 6.00. The maximum Gasteiger partial charge on any atom is 0.338 e. The summed E-state index contributed by atoms with van der Waals surface area (Å²) >= 11 is 0. The minimum atomic E-state index is -1.54. The SMILES string of the molecule is CC(C)(O)CC[C@H](OC(=O)c1ccccc1)[C@](C)(O)[C@H]1CC[C@@]2(O)C3=CC(=O)[C@H]4C[C@@H](O)[C@H](O)C[C@]4(C)[C@@H]3CC[C@]12C. The zero-order chi connectivity index (χ0) is 30.9. The zero-order valence-corrected chi connectivity index (χ0v) is 25.5. The lowest BCUT2D eigenvalue weighted by molar-refractivity contribution is -0.177. The molecule has 232 valence electrons. The Morgan fingerprint density at radius 3 is 2.33 bits per heavy atom. The Balaban J connectivity index is 1.48. The number of rotatable bonds is 7. The summed E-state index contributed by atoms with van der Waals surface area (Å²) in [6.07, 6.45) is 1.84. The van der Waals surface area contributed by atoms with Crippen molar-refractivity contribution in [3.63, 3.8) is 0 Å². The van der Waals surface area contributed by atoms with Gasteiger partial charge < -0.3 is 30.3 Å². The number of fused-ring (bicyclic) bond motifs is 5. The molecule has 0 radical (unpaired) electrons. The highest BCUT2D eigenvalue weighted by Gasteiger charge is 2.69. The van der Waals surface area contributed by atoms with E-state index in [0.29, 0.717) is 43.2 Å². The second-order valence-corrected chi connectivity index (χ2v) is 14.9. The molecular weight excluding hydrogens is 536 g/mol. The molecule has 5 rings (SSSR count). The second-order valence-electron chi connectivity index (χ2n) is 14.9. The van der Waals surface area contributed by atoms with Crippen LogP contribution in [0.5, 0.6) is 0 Å². The summed E-state index contributed by atoms with van der Waals surface area (Å²) in [5.41, 5.74) is -4.30. The Labute approximate surface area is 248 Å². The topological polar surface area (TPSA) is 145 Å². The molecule has 0 aromatic heterocycles. The van der Waals surface area contributed by atoms with Crippen LogP contribution < -0.4 is 0 Å². The van der Waals surface area contributed by atoms with Gasteiger partial charge in [-0.25, -0.2) is 4.79 Å². The summed E-state index contributed by atoms with van der Waals surface area (Å²) in [6.45, 7) is 9.00. The molecule has 0 bridgehead atoms. The summed E-state index contributed by atoms with van der Waals surface area (Å²) in [5, 5.41) is 56.3. The van der Waals surface area contributed by atoms with Gasteiger partial charge in [-0.05, 0) is 113 Å². The van der Waals surface area contributed by atoms with Crippen molar-refractivity contribution in [1.82, 2.24) is 0 Å². The zero-order valence-electron chi connectivity index (χ0n) is 25.5. The van der Waals surface area contributed by atoms with Crippen LogP contribution in [0.4, 0.5) is 0 Å². The van der Waals surface area contributed by atoms with E-state index in [1.165, 1.54) is 0 Å². The molecule has 5 N–H and O–H groups in total. The lowest BCUT2D eigenvalue weighted by Gasteiger charge is -2.60. The van der Waals surface area contributed by atoms with Crippen LogP contribution in [0.3, 0.4) is 0 Å². The molecule has 0 aliphatic heterocycles. The summed E-state index contributed by atoms with van der Waals surface area (Å²) in [7, 11) is 0. The Morgan fingerprint density at radius 2 is 1.69 bits per heavy atom. The van der Waals surface area contributed by atoms with Crippen molar-refractivity contribution in [2.45, 2.75) is 121 Å². The van der Waals surface area contributed by atoms with E-state index in [-0.39, 0.29) is 31.0 Å². The van der Waals surface area contributed by atoms with Gasteiger partial charge in [0.1, 0.15) is 11.7 Å². The molecule has 8 nitrogen and oxygen atoms in total. The smallest absolute Gasteiger partial charge is 0.338 e. The van der Waals surface area contributed by atoms with Crippen molar-refractivity contribution >= 4 is 11.8 Å². The first kappa shape index (κ1) is 31.3. The van der Waals surface area contributed by atoms with E-state index >= 15 is 0 Å². The molecule has 1 aromatic rings. The average molecular weight is 585 g/mol. The van der Waals surface area contributed by atoms with E-state index in [1.807, 2.05) is 13.8 Å². The lowest BCUT2D eigenvalue weighted by atomic mass is 9.45. The second kappa shape index (κ2) is 10.5. The van der Waals surface area contributed by atoms with E-state index < -0.39 is 63.8 Å². The third kappa shape index (κ3) is 4.97. The van der Waals surface area contributed by atoms with E-state index in [1.54, 1.807) is 57.2 Å². The molecule has 0 saturated heterocycles. The monoisotopic (exact) mass is 584 g/mol. The number of carbonyl (C=O) groups excluding carboxylic acids is 2. The Morgan fingerprint density at radius 1 is 1.02 bits per heavy atom. The number of ketones is 1. The molecule has 0 heterocycles. The molecule has 0 spiro atoms. The Bertz CT molecular complexity index is 1230. The van der Waals surface area contributed by atoms with Gasteiger partial charge in [-0.3, -0.25) is 4.79 Å². The van der Waals surface area contributed by atoms with Crippen molar-refractivity contribution in [1.29, 1.82) is 0 Å². The number of aliphatic hydroxyl groups excluding tert-OH is 2. The van der Waals surface area contributed by atoms with Crippen molar-refractivity contribution in [2.75, 3.05) is 0 Å². The van der Waals surface area contributed by atoms with E-state index in [9.17, 15) is 35.1 Å². The Hall–Kier alpha value is -2.10. The third-order valence-electron chi connectivity index (χ3n) is 11.8. The standard InChI is InChI=1S/C34H48O8/c1-30(2,39)14-13-28(42-29(38)20-9-7-6-8-10-20)33(5,40)27-12-16-34(41)22-17-24(35)23-18-25(36)26(37)19-31(23,3)21(22)11-15-32(27,34)4/h6-10,17,21,23,25-28,36-37,39-41H,11-16,18-19H2,1-5H3/t21-,23-,25-,26-,27+,28+,31-,32-,33-,34-/m1/s1. The van der Waals surface area contributed by atoms with Crippen LogP contribution in [-0.2, 0) is 9.53 Å². The fourth-order valence-electron chi connectivity index (χ4n) is 9.26. The minimum Gasteiger partial charge on any atom is -0.456 e. The number of aliphatic hydroxyl groups is 5. The van der Waals surface area contributed by atoms with Gasteiger partial charge in [0.05, 0.1) is 29.0 Å². The number of hydrogen-bond donors (Lipinski definition) is 5. The normalized spacial score (nSPS) is 40.2. The highest BCUT2D eigenvalue weighted by Crippen LogP contribution is 2.68. The van der Waals surface area contributed by atoms with Gasteiger partial charge in [0.2, 0.25) is 0 Å². The predicted octanol–water partition coefficient (Wildman–Crippen LogP) is 3.72. The predicted molar refractivity (Wildman–Crippen MR) is 156 cm³/mol. The van der Waals surface area contributed by atoms with Crippen LogP contribution in [0, 0.1) is 28.6 Å². The first-order valence-electron chi connectivity index (χ1n) is 15.5. The average Bonchev–Trinajstić information content (AvgIpc) is 3.20. The number of allylic oxidation sites excluding steroid dienone is 1. The number of carbonyl (C=O) groups is 2. The van der Waals surface area contributed by atoms with Gasteiger partial charge in [-0.15, -0.1) is 0 Å². The molecule has 0 unspecified atom stereocenters. The molecule has 3 fully saturated rings. The van der Waals surface area contributed by atoms with Crippen molar-refractivity contribution in [3.05, 3.63) is 47.5 Å². The maximum absolute atomic E-state index is 13.5. The minimum absolute atomic E-state index is 0.123. The van der Waals surface area contributed by atoms with Crippen LogP contribution in [0.1, 0.15) is 96.3 Å². The third-order valence-corrected chi connectivity index (χ3v) is 11.8. The summed E-state index contributed by atoms with van der Waals surface area (Å²) in [5.74, 6) is -1.70. The fourth-order valence-corrected chi connectivity index (χ4v) is 9.26. The van der Waals surface area contributed by atoms with Crippen molar-refractivity contribution in [3.8, 4) is 0 Å². The van der Waals surface area contributed by atoms with Gasteiger partial charge in [-0.1, -0.05) is 32.0 Å². The molecule has 0 amide bonds. The van der Waals surface area contributed by atoms with Crippen LogP contribution in [0.15, 0.2) is 42.0 Å². The maximum atomic E-state index is 13.5. The summed E-state index contributed by atoms with van der Waals surface area (Å²) in [6, 6.07) is 8.60. The molecule has 42 heavy (non-hydrogen) atoms. The van der Waals surface area contributed by atoms with Crippen LogP contribution in [0.2, 0.25) is 0 Å². The molecule has 3 saturated carbocycles. The van der Waals surface area contributed by atoms with E-state index in [0.717, 1.165) is 0 Å². The molecule has 4 aliphatic carbocycles. The number of ether oxygens (including phenoxy) is 1. The quantitative estimate of drug-likeness (QED) is 0.305. The number of benzene rings is 1. The van der Waals surface area contributed by atoms with Crippen molar-refractivity contribution in [2.24, 2.45) is 28.6 Å². The first-order valence-corrected chi connectivity index (χ1v) is 15.5. The van der Waals surface area contributed by atoms with Crippen LogP contribution in [0.25, 0.3) is 0 Å².